The minimum Gasteiger partial charge on any atom is -0.449 e. The summed E-state index contributed by atoms with van der Waals surface area (Å²) in [7, 11) is 3.44. The van der Waals surface area contributed by atoms with Crippen LogP contribution in [0.25, 0.3) is 11.3 Å². The number of benzene rings is 3. The van der Waals surface area contributed by atoms with E-state index < -0.39 is 12.0 Å². The van der Waals surface area contributed by atoms with Crippen LogP contribution in [0.4, 0.5) is 21.9 Å². The van der Waals surface area contributed by atoms with E-state index in [1.54, 1.807) is 38.1 Å². The first-order valence-electron chi connectivity index (χ1n) is 11.6. The van der Waals surface area contributed by atoms with E-state index in [1.165, 1.54) is 0 Å². The van der Waals surface area contributed by atoms with Crippen molar-refractivity contribution in [3.05, 3.63) is 90.0 Å². The number of ether oxygens (including phenoxy) is 1. The molecule has 0 saturated heterocycles. The Balaban J connectivity index is 1.78. The number of imide groups is 1. The van der Waals surface area contributed by atoms with Crippen LogP contribution in [0.2, 0.25) is 0 Å². The summed E-state index contributed by atoms with van der Waals surface area (Å²) in [6.07, 6.45) is -0.712. The van der Waals surface area contributed by atoms with Gasteiger partial charge in [0.2, 0.25) is 5.91 Å². The van der Waals surface area contributed by atoms with E-state index in [1.807, 2.05) is 66.7 Å². The zero-order chi connectivity index (χ0) is 25.7. The fourth-order valence-electron chi connectivity index (χ4n) is 4.04. The standard InChI is InChI=1S/C28H28N4O4/c1-4-36-28(35)32-23-13-9-8-12-22(23)25(27(32)34)26(19-10-6-5-7-11-19)30-20-14-16-21(17-15-20)31(3)24(33)18-29-2/h5-17,29-30H,4,18H2,1-3H3/b26-25-. The Morgan fingerprint density at radius 1 is 0.944 bits per heavy atom. The predicted octanol–water partition coefficient (Wildman–Crippen LogP) is 4.35. The highest BCUT2D eigenvalue weighted by Gasteiger charge is 2.39. The third kappa shape index (κ3) is 4.85. The topological polar surface area (TPSA) is 91.0 Å². The highest BCUT2D eigenvalue weighted by Crippen LogP contribution is 2.41. The molecule has 0 unspecified atom stereocenters. The summed E-state index contributed by atoms with van der Waals surface area (Å²) in [6.45, 7) is 2.09. The van der Waals surface area contributed by atoms with Gasteiger partial charge in [-0.3, -0.25) is 9.59 Å². The van der Waals surface area contributed by atoms with Crippen LogP contribution < -0.4 is 20.4 Å². The maximum absolute atomic E-state index is 13.6. The quantitative estimate of drug-likeness (QED) is 0.485. The number of amides is 3. The molecule has 0 radical (unpaired) electrons. The summed E-state index contributed by atoms with van der Waals surface area (Å²) in [5.41, 5.74) is 4.29. The van der Waals surface area contributed by atoms with Gasteiger partial charge in [0, 0.05) is 24.0 Å². The smallest absolute Gasteiger partial charge is 0.421 e. The number of anilines is 3. The molecule has 184 valence electrons. The van der Waals surface area contributed by atoms with E-state index >= 15 is 0 Å². The minimum absolute atomic E-state index is 0.0579. The van der Waals surface area contributed by atoms with Crippen molar-refractivity contribution in [3.8, 4) is 0 Å². The molecule has 0 fully saturated rings. The lowest BCUT2D eigenvalue weighted by Crippen LogP contribution is -2.34. The zero-order valence-electron chi connectivity index (χ0n) is 20.4. The van der Waals surface area contributed by atoms with Crippen LogP contribution in [-0.4, -0.2) is 45.2 Å². The van der Waals surface area contributed by atoms with Gasteiger partial charge in [-0.05, 0) is 49.9 Å². The normalized spacial score (nSPS) is 13.8. The number of likely N-dealkylation sites (N-methyl/N-ethyl adjacent to an activating group) is 2. The summed E-state index contributed by atoms with van der Waals surface area (Å²) in [6, 6.07) is 24.0. The molecule has 0 bridgehead atoms. The molecule has 8 nitrogen and oxygen atoms in total. The highest BCUT2D eigenvalue weighted by atomic mass is 16.6. The van der Waals surface area contributed by atoms with Crippen LogP contribution in [-0.2, 0) is 14.3 Å². The van der Waals surface area contributed by atoms with Crippen molar-refractivity contribution in [1.82, 2.24) is 5.32 Å². The first-order chi connectivity index (χ1) is 17.5. The molecule has 1 aliphatic heterocycles. The molecule has 0 atom stereocenters. The fourth-order valence-corrected chi connectivity index (χ4v) is 4.04. The zero-order valence-corrected chi connectivity index (χ0v) is 20.4. The second-order valence-corrected chi connectivity index (χ2v) is 8.13. The molecular formula is C28H28N4O4. The SMILES string of the molecule is CCOC(=O)N1C(=O)/C(=C(\Nc2ccc(N(C)C(=O)CNC)cc2)c2ccccc2)c2ccccc21. The summed E-state index contributed by atoms with van der Waals surface area (Å²) in [5.74, 6) is -0.521. The van der Waals surface area contributed by atoms with Crippen molar-refractivity contribution >= 4 is 46.2 Å². The number of para-hydroxylation sites is 1. The lowest BCUT2D eigenvalue weighted by molar-refractivity contribution is -0.117. The first-order valence-corrected chi connectivity index (χ1v) is 11.6. The van der Waals surface area contributed by atoms with Gasteiger partial charge in [-0.15, -0.1) is 0 Å². The number of carbonyl (C=O) groups is 3. The van der Waals surface area contributed by atoms with Crippen LogP contribution in [0.15, 0.2) is 78.9 Å². The van der Waals surface area contributed by atoms with Crippen LogP contribution in [0, 0.1) is 0 Å². The van der Waals surface area contributed by atoms with Crippen LogP contribution in [0.1, 0.15) is 18.1 Å². The molecule has 0 aliphatic carbocycles. The van der Waals surface area contributed by atoms with Gasteiger partial charge in [0.15, 0.2) is 0 Å². The minimum atomic E-state index is -0.712. The van der Waals surface area contributed by atoms with E-state index in [9.17, 15) is 14.4 Å². The molecule has 8 heteroatoms. The Hall–Kier alpha value is -4.43. The molecule has 0 aromatic heterocycles. The number of fused-ring (bicyclic) bond motifs is 1. The van der Waals surface area contributed by atoms with Gasteiger partial charge in [-0.25, -0.2) is 9.69 Å². The first kappa shape index (κ1) is 24.7. The van der Waals surface area contributed by atoms with Gasteiger partial charge in [-0.1, -0.05) is 48.5 Å². The van der Waals surface area contributed by atoms with Crippen molar-refractivity contribution in [1.29, 1.82) is 0 Å². The van der Waals surface area contributed by atoms with Crippen LogP contribution >= 0.6 is 0 Å². The average Bonchev–Trinajstić information content (AvgIpc) is 3.19. The summed E-state index contributed by atoms with van der Waals surface area (Å²) >= 11 is 0. The molecule has 3 amide bonds. The van der Waals surface area contributed by atoms with Gasteiger partial charge >= 0.3 is 6.09 Å². The van der Waals surface area contributed by atoms with Crippen molar-refractivity contribution in [2.45, 2.75) is 6.92 Å². The maximum atomic E-state index is 13.6. The van der Waals surface area contributed by atoms with Crippen LogP contribution in [0.5, 0.6) is 0 Å². The van der Waals surface area contributed by atoms with Gasteiger partial charge < -0.3 is 20.3 Å². The largest absolute Gasteiger partial charge is 0.449 e. The molecule has 0 saturated carbocycles. The summed E-state index contributed by atoms with van der Waals surface area (Å²) in [4.78, 5) is 41.2. The molecule has 1 heterocycles. The average molecular weight is 485 g/mol. The Kier molecular flexibility index (Phi) is 7.46. The Morgan fingerprint density at radius 2 is 1.61 bits per heavy atom. The Morgan fingerprint density at radius 3 is 2.28 bits per heavy atom. The molecular weight excluding hydrogens is 456 g/mol. The van der Waals surface area contributed by atoms with Gasteiger partial charge in [-0.2, -0.15) is 0 Å². The maximum Gasteiger partial charge on any atom is 0.421 e. The summed E-state index contributed by atoms with van der Waals surface area (Å²) < 4.78 is 5.16. The van der Waals surface area contributed by atoms with Crippen molar-refractivity contribution in [2.75, 3.05) is 42.4 Å². The second-order valence-electron chi connectivity index (χ2n) is 8.13. The number of carbonyl (C=O) groups excluding carboxylic acids is 3. The molecule has 3 aromatic rings. The van der Waals surface area contributed by atoms with Crippen LogP contribution in [0.3, 0.4) is 0 Å². The van der Waals surface area contributed by atoms with Gasteiger partial charge in [0.1, 0.15) is 0 Å². The number of nitrogens with one attached hydrogen (secondary N) is 2. The molecule has 36 heavy (non-hydrogen) atoms. The van der Waals surface area contributed by atoms with E-state index in [0.717, 1.165) is 21.8 Å². The van der Waals surface area contributed by atoms with Crippen molar-refractivity contribution in [3.63, 3.8) is 0 Å². The number of nitrogens with zero attached hydrogens (tertiary/aromatic N) is 2. The molecule has 1 aliphatic rings. The Labute approximate surface area is 210 Å². The van der Waals surface area contributed by atoms with Crippen molar-refractivity contribution in [2.24, 2.45) is 0 Å². The van der Waals surface area contributed by atoms with E-state index in [-0.39, 0.29) is 19.1 Å². The highest BCUT2D eigenvalue weighted by molar-refractivity contribution is 6.43. The van der Waals surface area contributed by atoms with E-state index in [0.29, 0.717) is 22.5 Å². The lowest BCUT2D eigenvalue weighted by atomic mass is 10.00. The molecule has 4 rings (SSSR count). The number of hydrogen-bond donors (Lipinski definition) is 2. The van der Waals surface area contributed by atoms with Gasteiger partial charge in [0.05, 0.1) is 30.1 Å². The molecule has 3 aromatic carbocycles. The predicted molar refractivity (Wildman–Crippen MR) is 142 cm³/mol. The molecule has 0 spiro atoms. The van der Waals surface area contributed by atoms with E-state index in [2.05, 4.69) is 10.6 Å². The molecule has 2 N–H and O–H groups in total. The third-order valence-electron chi connectivity index (χ3n) is 5.82. The summed E-state index contributed by atoms with van der Waals surface area (Å²) in [5, 5.41) is 6.24. The lowest BCUT2D eigenvalue weighted by Gasteiger charge is -2.19. The number of rotatable bonds is 7. The van der Waals surface area contributed by atoms with Gasteiger partial charge in [0.25, 0.3) is 5.91 Å². The third-order valence-corrected chi connectivity index (χ3v) is 5.82. The second kappa shape index (κ2) is 10.9. The fraction of sp³-hybridized carbons (Fsp3) is 0.179. The monoisotopic (exact) mass is 484 g/mol. The number of hydrogen-bond acceptors (Lipinski definition) is 6. The van der Waals surface area contributed by atoms with E-state index in [4.69, 9.17) is 4.74 Å². The Bertz CT molecular complexity index is 1300. The van der Waals surface area contributed by atoms with Crippen molar-refractivity contribution < 1.29 is 19.1 Å².